The lowest BCUT2D eigenvalue weighted by Gasteiger charge is -2.07. The molecule has 4 heteroatoms. The third-order valence-corrected chi connectivity index (χ3v) is 2.14. The zero-order chi connectivity index (χ0) is 10.0. The van der Waals surface area contributed by atoms with Crippen molar-refractivity contribution < 1.29 is 9.13 Å². The molecule has 0 spiro atoms. The van der Waals surface area contributed by atoms with Crippen LogP contribution in [0.2, 0.25) is 5.02 Å². The quantitative estimate of drug-likeness (QED) is 0.697. The van der Waals surface area contributed by atoms with Gasteiger partial charge in [-0.3, -0.25) is 0 Å². The molecule has 0 N–H and O–H groups in total. The number of methoxy groups -OCH3 is 1. The minimum Gasteiger partial charge on any atom is -0.492 e. The third kappa shape index (κ3) is 1.58. The van der Waals surface area contributed by atoms with E-state index in [0.717, 1.165) is 6.07 Å². The van der Waals surface area contributed by atoms with Gasteiger partial charge in [0, 0.05) is 5.02 Å². The van der Waals surface area contributed by atoms with Crippen molar-refractivity contribution >= 4 is 11.6 Å². The minimum atomic E-state index is -0.616. The van der Waals surface area contributed by atoms with Gasteiger partial charge < -0.3 is 4.74 Å². The van der Waals surface area contributed by atoms with Gasteiger partial charge in [0.05, 0.1) is 7.11 Å². The van der Waals surface area contributed by atoms with Crippen LogP contribution < -0.4 is 4.74 Å². The maximum Gasteiger partial charge on any atom is 0.172 e. The molecule has 68 valence electrons. The summed E-state index contributed by atoms with van der Waals surface area (Å²) in [6.07, 6.45) is 0. The summed E-state index contributed by atoms with van der Waals surface area (Å²) in [5.41, 5.74) is 0.676. The molecule has 0 aliphatic carbocycles. The molecule has 1 rings (SSSR count). The van der Waals surface area contributed by atoms with Gasteiger partial charge in [0.1, 0.15) is 11.6 Å². The molecule has 0 radical (unpaired) electrons. The number of rotatable bonds is 1. The van der Waals surface area contributed by atoms with E-state index in [2.05, 4.69) is 0 Å². The van der Waals surface area contributed by atoms with Crippen LogP contribution in [0.15, 0.2) is 6.07 Å². The first kappa shape index (κ1) is 9.82. The first-order valence-electron chi connectivity index (χ1n) is 3.54. The summed E-state index contributed by atoms with van der Waals surface area (Å²) in [6.45, 7) is 1.64. The van der Waals surface area contributed by atoms with E-state index < -0.39 is 5.82 Å². The fourth-order valence-corrected chi connectivity index (χ4v) is 1.22. The van der Waals surface area contributed by atoms with Crippen LogP contribution >= 0.6 is 11.6 Å². The lowest BCUT2D eigenvalue weighted by Crippen LogP contribution is -1.95. The number of hydrogen-bond acceptors (Lipinski definition) is 2. The SMILES string of the molecule is COc1c(F)cc(Cl)c(C)c1C#N. The molecule has 0 bridgehead atoms. The summed E-state index contributed by atoms with van der Waals surface area (Å²) in [6, 6.07) is 2.98. The van der Waals surface area contributed by atoms with Crippen LogP contribution in [0.25, 0.3) is 0 Å². The van der Waals surface area contributed by atoms with Gasteiger partial charge in [-0.15, -0.1) is 0 Å². The van der Waals surface area contributed by atoms with E-state index in [1.807, 2.05) is 6.07 Å². The van der Waals surface area contributed by atoms with Crippen molar-refractivity contribution in [2.24, 2.45) is 0 Å². The molecule has 0 saturated heterocycles. The Morgan fingerprint density at radius 2 is 2.23 bits per heavy atom. The standard InChI is InChI=1S/C9H7ClFNO/c1-5-6(4-12)9(13-2)8(11)3-7(5)10/h3H,1-2H3. The van der Waals surface area contributed by atoms with Crippen LogP contribution in [-0.2, 0) is 0 Å². The average molecular weight is 200 g/mol. The molecule has 2 nitrogen and oxygen atoms in total. The Labute approximate surface area is 80.5 Å². The van der Waals surface area contributed by atoms with Crippen LogP contribution in [0.5, 0.6) is 5.75 Å². The van der Waals surface area contributed by atoms with E-state index in [9.17, 15) is 4.39 Å². The van der Waals surface area contributed by atoms with Crippen molar-refractivity contribution in [2.75, 3.05) is 7.11 Å². The molecule has 0 fully saturated rings. The molecule has 0 aliphatic heterocycles. The Balaban J connectivity index is 3.53. The number of benzene rings is 1. The number of hydrogen-bond donors (Lipinski definition) is 0. The summed E-state index contributed by atoms with van der Waals surface area (Å²) in [5, 5.41) is 8.96. The second kappa shape index (κ2) is 3.63. The number of halogens is 2. The molecule has 0 saturated carbocycles. The maximum atomic E-state index is 13.1. The first-order chi connectivity index (χ1) is 6.11. The van der Waals surface area contributed by atoms with Crippen molar-refractivity contribution in [3.63, 3.8) is 0 Å². The van der Waals surface area contributed by atoms with Crippen molar-refractivity contribution in [1.29, 1.82) is 5.26 Å². The Morgan fingerprint density at radius 3 is 2.69 bits per heavy atom. The molecule has 13 heavy (non-hydrogen) atoms. The highest BCUT2D eigenvalue weighted by Gasteiger charge is 2.14. The van der Waals surface area contributed by atoms with Gasteiger partial charge in [0.15, 0.2) is 11.6 Å². The molecule has 1 aromatic carbocycles. The second-order valence-corrected chi connectivity index (χ2v) is 2.89. The summed E-state index contributed by atoms with van der Waals surface area (Å²) >= 11 is 5.68. The predicted molar refractivity (Wildman–Crippen MR) is 47.4 cm³/mol. The van der Waals surface area contributed by atoms with Crippen LogP contribution in [0.1, 0.15) is 11.1 Å². The normalized spacial score (nSPS) is 9.46. The summed E-state index contributed by atoms with van der Waals surface area (Å²) in [5.74, 6) is -0.668. The van der Waals surface area contributed by atoms with Crippen molar-refractivity contribution in [1.82, 2.24) is 0 Å². The number of nitrogens with zero attached hydrogens (tertiary/aromatic N) is 1. The van der Waals surface area contributed by atoms with Crippen molar-refractivity contribution in [3.8, 4) is 11.8 Å². The van der Waals surface area contributed by atoms with Crippen LogP contribution in [0.4, 0.5) is 4.39 Å². The summed E-state index contributed by atoms with van der Waals surface area (Å²) in [4.78, 5) is 0. The topological polar surface area (TPSA) is 33.0 Å². The number of ether oxygens (including phenoxy) is 1. The molecule has 0 amide bonds. The van der Waals surface area contributed by atoms with Crippen LogP contribution in [0.3, 0.4) is 0 Å². The predicted octanol–water partition coefficient (Wildman–Crippen LogP) is 2.67. The van der Waals surface area contributed by atoms with Gasteiger partial charge in [-0.1, -0.05) is 11.6 Å². The molecule has 0 unspecified atom stereocenters. The highest BCUT2D eigenvalue weighted by molar-refractivity contribution is 6.31. The highest BCUT2D eigenvalue weighted by Crippen LogP contribution is 2.30. The molecule has 0 aliphatic rings. The zero-order valence-electron chi connectivity index (χ0n) is 7.19. The molecule has 1 aromatic rings. The maximum absolute atomic E-state index is 13.1. The van der Waals surface area contributed by atoms with Gasteiger partial charge in [-0.05, 0) is 18.6 Å². The van der Waals surface area contributed by atoms with E-state index in [0.29, 0.717) is 5.56 Å². The van der Waals surface area contributed by atoms with E-state index in [1.54, 1.807) is 6.92 Å². The fraction of sp³-hybridized carbons (Fsp3) is 0.222. The Morgan fingerprint density at radius 1 is 1.62 bits per heavy atom. The largest absolute Gasteiger partial charge is 0.492 e. The average Bonchev–Trinajstić information content (AvgIpc) is 2.10. The van der Waals surface area contributed by atoms with Crippen LogP contribution in [-0.4, -0.2) is 7.11 Å². The smallest absolute Gasteiger partial charge is 0.172 e. The monoisotopic (exact) mass is 199 g/mol. The Kier molecular flexibility index (Phi) is 2.74. The number of nitriles is 1. The molecular formula is C9H7ClFNO. The van der Waals surface area contributed by atoms with Gasteiger partial charge in [-0.25, -0.2) is 4.39 Å². The molecule has 0 atom stereocenters. The van der Waals surface area contributed by atoms with Crippen molar-refractivity contribution in [2.45, 2.75) is 6.92 Å². The lowest BCUT2D eigenvalue weighted by molar-refractivity contribution is 0.385. The minimum absolute atomic E-state index is 0.0515. The Bertz CT molecular complexity index is 384. The molecule has 0 heterocycles. The van der Waals surface area contributed by atoms with E-state index in [4.69, 9.17) is 21.6 Å². The van der Waals surface area contributed by atoms with E-state index in [1.165, 1.54) is 7.11 Å². The van der Waals surface area contributed by atoms with Gasteiger partial charge >= 0.3 is 0 Å². The Hall–Kier alpha value is -1.27. The van der Waals surface area contributed by atoms with Gasteiger partial charge in [0.25, 0.3) is 0 Å². The zero-order valence-corrected chi connectivity index (χ0v) is 7.94. The molecule has 0 aromatic heterocycles. The second-order valence-electron chi connectivity index (χ2n) is 2.49. The van der Waals surface area contributed by atoms with Crippen molar-refractivity contribution in [3.05, 3.63) is 28.0 Å². The van der Waals surface area contributed by atoms with E-state index in [-0.39, 0.29) is 16.3 Å². The van der Waals surface area contributed by atoms with Gasteiger partial charge in [0.2, 0.25) is 0 Å². The summed E-state index contributed by atoms with van der Waals surface area (Å²) in [7, 11) is 1.31. The van der Waals surface area contributed by atoms with Crippen LogP contribution in [0, 0.1) is 24.1 Å². The lowest BCUT2D eigenvalue weighted by atomic mass is 10.1. The summed E-state index contributed by atoms with van der Waals surface area (Å²) < 4.78 is 17.9. The third-order valence-electron chi connectivity index (χ3n) is 1.75. The van der Waals surface area contributed by atoms with Gasteiger partial charge in [-0.2, -0.15) is 5.26 Å². The highest BCUT2D eigenvalue weighted by atomic mass is 35.5. The fourth-order valence-electron chi connectivity index (χ4n) is 1.03. The van der Waals surface area contributed by atoms with E-state index >= 15 is 0 Å². The first-order valence-corrected chi connectivity index (χ1v) is 3.92. The molecular weight excluding hydrogens is 193 g/mol.